The fourth-order valence-corrected chi connectivity index (χ4v) is 0.882. The van der Waals surface area contributed by atoms with Crippen LogP contribution in [0.15, 0.2) is 24.4 Å². The lowest BCUT2D eigenvalue weighted by Crippen LogP contribution is -1.85. The molecule has 52 valence electrons. The van der Waals surface area contributed by atoms with Crippen molar-refractivity contribution in [3.05, 3.63) is 30.1 Å². The minimum Gasteiger partial charge on any atom is -0.260 e. The molecule has 0 bridgehead atoms. The first kappa shape index (κ1) is 10.4. The standard InChI is InChI=1S/C7H8BrN.Mg.2H/c1-6(8)7-4-2-3-5-9-7;;;/h2-6H,1H3;;;. The molecule has 1 nitrogen and oxygen atoms in total. The second kappa shape index (κ2) is 5.10. The maximum atomic E-state index is 4.13. The lowest BCUT2D eigenvalue weighted by Gasteiger charge is -1.98. The Labute approximate surface area is 85.5 Å². The van der Waals surface area contributed by atoms with Crippen LogP contribution in [0.3, 0.4) is 0 Å². The largest absolute Gasteiger partial charge is 0.316 e. The van der Waals surface area contributed by atoms with Crippen LogP contribution in [0.2, 0.25) is 0 Å². The first-order valence-electron chi connectivity index (χ1n) is 2.85. The van der Waals surface area contributed by atoms with Crippen molar-refractivity contribution < 1.29 is 0 Å². The summed E-state index contributed by atoms with van der Waals surface area (Å²) in [7, 11) is 0. The Hall–Kier alpha value is 0.396. The zero-order valence-corrected chi connectivity index (χ0v) is 6.80. The van der Waals surface area contributed by atoms with Crippen LogP contribution in [-0.4, -0.2) is 28.0 Å². The molecule has 0 N–H and O–H groups in total. The molecule has 0 fully saturated rings. The van der Waals surface area contributed by atoms with Gasteiger partial charge in [0, 0.05) is 6.20 Å². The molecule has 1 rings (SSSR count). The monoisotopic (exact) mass is 211 g/mol. The van der Waals surface area contributed by atoms with Crippen LogP contribution in [0.5, 0.6) is 0 Å². The summed E-state index contributed by atoms with van der Waals surface area (Å²) in [6.07, 6.45) is 1.80. The lowest BCUT2D eigenvalue weighted by atomic mass is 10.3. The van der Waals surface area contributed by atoms with Crippen LogP contribution in [0.25, 0.3) is 0 Å². The summed E-state index contributed by atoms with van der Waals surface area (Å²) in [5.74, 6) is 0. The highest BCUT2D eigenvalue weighted by molar-refractivity contribution is 9.09. The number of rotatable bonds is 1. The first-order valence-corrected chi connectivity index (χ1v) is 3.77. The van der Waals surface area contributed by atoms with Gasteiger partial charge in [-0.1, -0.05) is 22.0 Å². The van der Waals surface area contributed by atoms with E-state index >= 15 is 0 Å². The highest BCUT2D eigenvalue weighted by Crippen LogP contribution is 2.17. The van der Waals surface area contributed by atoms with E-state index in [0.717, 1.165) is 5.69 Å². The molecule has 1 aromatic heterocycles. The van der Waals surface area contributed by atoms with Crippen LogP contribution >= 0.6 is 15.9 Å². The van der Waals surface area contributed by atoms with Crippen LogP contribution in [0.1, 0.15) is 17.4 Å². The third kappa shape index (κ3) is 2.99. The maximum Gasteiger partial charge on any atom is 0.316 e. The summed E-state index contributed by atoms with van der Waals surface area (Å²) in [4.78, 5) is 4.49. The van der Waals surface area contributed by atoms with E-state index < -0.39 is 0 Å². The van der Waals surface area contributed by atoms with Gasteiger partial charge in [0.15, 0.2) is 0 Å². The Morgan fingerprint density at radius 3 is 2.50 bits per heavy atom. The minimum atomic E-state index is 0. The van der Waals surface area contributed by atoms with Crippen molar-refractivity contribution in [1.82, 2.24) is 4.98 Å². The molecule has 0 radical (unpaired) electrons. The third-order valence-corrected chi connectivity index (χ3v) is 1.56. The van der Waals surface area contributed by atoms with Gasteiger partial charge in [-0.15, -0.1) is 0 Å². The highest BCUT2D eigenvalue weighted by Gasteiger charge is 1.97. The SMILES string of the molecule is CC(Br)c1ccccn1.[MgH2]. The number of halogens is 1. The number of pyridine rings is 1. The van der Waals surface area contributed by atoms with Crippen LogP contribution in [0.4, 0.5) is 0 Å². The number of alkyl halides is 1. The Morgan fingerprint density at radius 1 is 1.50 bits per heavy atom. The molecule has 0 aliphatic heterocycles. The number of aromatic nitrogens is 1. The van der Waals surface area contributed by atoms with Gasteiger partial charge in [-0.3, -0.25) is 4.98 Å². The summed E-state index contributed by atoms with van der Waals surface area (Å²) in [5, 5.41) is 0. The van der Waals surface area contributed by atoms with Gasteiger partial charge in [-0.25, -0.2) is 0 Å². The van der Waals surface area contributed by atoms with Gasteiger partial charge in [0.1, 0.15) is 0 Å². The van der Waals surface area contributed by atoms with Crippen molar-refractivity contribution in [2.24, 2.45) is 0 Å². The summed E-state index contributed by atoms with van der Waals surface area (Å²) in [5.41, 5.74) is 1.08. The Bertz CT molecular complexity index is 176. The number of nitrogens with zero attached hydrogens (tertiary/aromatic N) is 1. The smallest absolute Gasteiger partial charge is 0.260 e. The fourth-order valence-electron chi connectivity index (χ4n) is 0.611. The van der Waals surface area contributed by atoms with Crippen molar-refractivity contribution in [3.8, 4) is 0 Å². The summed E-state index contributed by atoms with van der Waals surface area (Å²) in [6.45, 7) is 2.06. The minimum absolute atomic E-state index is 0. The van der Waals surface area contributed by atoms with Crippen molar-refractivity contribution >= 4 is 39.0 Å². The van der Waals surface area contributed by atoms with Gasteiger partial charge in [0.25, 0.3) is 0 Å². The predicted molar refractivity (Wildman–Crippen MR) is 50.1 cm³/mol. The van der Waals surface area contributed by atoms with E-state index in [-0.39, 0.29) is 23.1 Å². The number of hydrogen-bond acceptors (Lipinski definition) is 1. The molecule has 0 saturated carbocycles. The van der Waals surface area contributed by atoms with Crippen LogP contribution in [-0.2, 0) is 0 Å². The van der Waals surface area contributed by atoms with Gasteiger partial charge in [-0.05, 0) is 19.1 Å². The fraction of sp³-hybridized carbons (Fsp3) is 0.286. The molecular weight excluding hydrogens is 202 g/mol. The molecule has 1 unspecified atom stereocenters. The Morgan fingerprint density at radius 2 is 2.20 bits per heavy atom. The number of hydrogen-bond donors (Lipinski definition) is 0. The molecule has 1 atom stereocenters. The maximum absolute atomic E-state index is 4.13. The second-order valence-corrected chi connectivity index (χ2v) is 3.24. The van der Waals surface area contributed by atoms with E-state index in [2.05, 4.69) is 27.8 Å². The van der Waals surface area contributed by atoms with Crippen molar-refractivity contribution in [2.75, 3.05) is 0 Å². The van der Waals surface area contributed by atoms with E-state index in [4.69, 9.17) is 0 Å². The predicted octanol–water partition coefficient (Wildman–Crippen LogP) is 1.62. The first-order chi connectivity index (χ1) is 4.30. The van der Waals surface area contributed by atoms with Crippen molar-refractivity contribution in [1.29, 1.82) is 0 Å². The molecule has 0 spiro atoms. The average molecular weight is 212 g/mol. The van der Waals surface area contributed by atoms with Gasteiger partial charge in [0.05, 0.1) is 10.5 Å². The molecule has 0 saturated heterocycles. The highest BCUT2D eigenvalue weighted by atomic mass is 79.9. The van der Waals surface area contributed by atoms with Crippen LogP contribution < -0.4 is 0 Å². The van der Waals surface area contributed by atoms with E-state index in [1.165, 1.54) is 0 Å². The van der Waals surface area contributed by atoms with Gasteiger partial charge < -0.3 is 0 Å². The van der Waals surface area contributed by atoms with Crippen molar-refractivity contribution in [2.45, 2.75) is 11.8 Å². The molecule has 10 heavy (non-hydrogen) atoms. The lowest BCUT2D eigenvalue weighted by molar-refractivity contribution is 1.02. The van der Waals surface area contributed by atoms with E-state index in [1.807, 2.05) is 18.2 Å². The van der Waals surface area contributed by atoms with E-state index in [9.17, 15) is 0 Å². The van der Waals surface area contributed by atoms with Gasteiger partial charge >= 0.3 is 23.1 Å². The molecular formula is C7H10BrMgN. The van der Waals surface area contributed by atoms with Gasteiger partial charge in [0.2, 0.25) is 0 Å². The molecule has 1 heterocycles. The Balaban J connectivity index is 0.000000810. The molecule has 0 amide bonds. The molecule has 0 aromatic carbocycles. The van der Waals surface area contributed by atoms with Crippen LogP contribution in [0, 0.1) is 0 Å². The van der Waals surface area contributed by atoms with E-state index in [1.54, 1.807) is 6.20 Å². The third-order valence-electron chi connectivity index (χ3n) is 1.10. The van der Waals surface area contributed by atoms with Gasteiger partial charge in [-0.2, -0.15) is 0 Å². The summed E-state index contributed by atoms with van der Waals surface area (Å²) < 4.78 is 0. The zero-order chi connectivity index (χ0) is 6.69. The Kier molecular flexibility index (Phi) is 5.30. The average Bonchev–Trinajstić information content (AvgIpc) is 1.90. The quantitative estimate of drug-likeness (QED) is 0.509. The summed E-state index contributed by atoms with van der Waals surface area (Å²) in [6, 6.07) is 5.90. The topological polar surface area (TPSA) is 12.9 Å². The summed E-state index contributed by atoms with van der Waals surface area (Å²) >= 11 is 3.42. The second-order valence-electron chi connectivity index (χ2n) is 1.87. The zero-order valence-electron chi connectivity index (χ0n) is 5.21. The molecule has 1 aromatic rings. The molecule has 3 heteroatoms. The van der Waals surface area contributed by atoms with E-state index in [0.29, 0.717) is 4.83 Å². The van der Waals surface area contributed by atoms with Crippen molar-refractivity contribution in [3.63, 3.8) is 0 Å². The molecule has 0 aliphatic rings. The normalized spacial score (nSPS) is 11.8. The molecule has 0 aliphatic carbocycles.